The molecule has 0 saturated heterocycles. The highest BCUT2D eigenvalue weighted by Crippen LogP contribution is 2.26. The van der Waals surface area contributed by atoms with Crippen LogP contribution in [0.2, 0.25) is 0 Å². The molecule has 74 valence electrons. The van der Waals surface area contributed by atoms with Crippen LogP contribution in [0.4, 0.5) is 5.69 Å². The smallest absolute Gasteiger partial charge is 0.0495 e. The fourth-order valence-corrected chi connectivity index (χ4v) is 1.89. The maximum absolute atomic E-state index is 4.15. The predicted molar refractivity (Wildman–Crippen MR) is 63.1 cm³/mol. The average Bonchev–Trinajstić information content (AvgIpc) is 2.66. The summed E-state index contributed by atoms with van der Waals surface area (Å²) in [5.41, 5.74) is 3.40. The molecule has 0 fully saturated rings. The SMILES string of the molecule is CNc1ccc2[nH]c3ccncc3c2c1. The van der Waals surface area contributed by atoms with Gasteiger partial charge in [-0.05, 0) is 24.3 Å². The number of rotatable bonds is 1. The molecule has 2 N–H and O–H groups in total. The van der Waals surface area contributed by atoms with E-state index in [1.807, 2.05) is 19.3 Å². The number of benzene rings is 1. The Kier molecular flexibility index (Phi) is 1.65. The Bertz CT molecular complexity index is 625. The quantitative estimate of drug-likeness (QED) is 0.629. The van der Waals surface area contributed by atoms with E-state index in [1.165, 1.54) is 10.8 Å². The Labute approximate surface area is 87.1 Å². The zero-order valence-electron chi connectivity index (χ0n) is 8.41. The minimum atomic E-state index is 1.12. The summed E-state index contributed by atoms with van der Waals surface area (Å²) in [5, 5.41) is 5.52. The van der Waals surface area contributed by atoms with Gasteiger partial charge in [0.15, 0.2) is 0 Å². The molecule has 2 aromatic heterocycles. The number of hydrogen-bond donors (Lipinski definition) is 2. The molecule has 0 radical (unpaired) electrons. The molecule has 3 rings (SSSR count). The van der Waals surface area contributed by atoms with Crippen LogP contribution < -0.4 is 5.32 Å². The van der Waals surface area contributed by atoms with E-state index >= 15 is 0 Å². The number of nitrogens with zero attached hydrogens (tertiary/aromatic N) is 1. The molecule has 0 saturated carbocycles. The zero-order valence-corrected chi connectivity index (χ0v) is 8.41. The van der Waals surface area contributed by atoms with Crippen LogP contribution in [0.5, 0.6) is 0 Å². The van der Waals surface area contributed by atoms with Crippen molar-refractivity contribution >= 4 is 27.5 Å². The minimum Gasteiger partial charge on any atom is -0.388 e. The van der Waals surface area contributed by atoms with E-state index < -0.39 is 0 Å². The molecule has 0 atom stereocenters. The fraction of sp³-hybridized carbons (Fsp3) is 0.0833. The summed E-state index contributed by atoms with van der Waals surface area (Å²) in [6.45, 7) is 0. The van der Waals surface area contributed by atoms with E-state index in [4.69, 9.17) is 0 Å². The highest BCUT2D eigenvalue weighted by molar-refractivity contribution is 6.07. The first-order valence-electron chi connectivity index (χ1n) is 4.92. The number of aromatic nitrogens is 2. The van der Waals surface area contributed by atoms with Crippen LogP contribution in [0.3, 0.4) is 0 Å². The van der Waals surface area contributed by atoms with E-state index in [-0.39, 0.29) is 0 Å². The Morgan fingerprint density at radius 1 is 1.13 bits per heavy atom. The maximum atomic E-state index is 4.15. The first-order valence-corrected chi connectivity index (χ1v) is 4.92. The minimum absolute atomic E-state index is 1.12. The molecule has 0 spiro atoms. The molecule has 0 amide bonds. The Morgan fingerprint density at radius 3 is 2.87 bits per heavy atom. The molecule has 0 unspecified atom stereocenters. The van der Waals surface area contributed by atoms with Gasteiger partial charge < -0.3 is 10.3 Å². The molecule has 3 aromatic rings. The molecule has 0 aliphatic carbocycles. The van der Waals surface area contributed by atoms with Gasteiger partial charge in [0.25, 0.3) is 0 Å². The molecule has 0 aliphatic rings. The highest BCUT2D eigenvalue weighted by Gasteiger charge is 2.03. The standard InChI is InChI=1S/C12H11N3/c1-13-8-2-3-11-9(6-8)10-7-14-5-4-12(10)15-11/h2-7,13,15H,1H3. The molecule has 0 aliphatic heterocycles. The molecule has 2 heterocycles. The van der Waals surface area contributed by atoms with Gasteiger partial charge in [-0.2, -0.15) is 0 Å². The Morgan fingerprint density at radius 2 is 2.00 bits per heavy atom. The van der Waals surface area contributed by atoms with Crippen molar-refractivity contribution in [1.82, 2.24) is 9.97 Å². The van der Waals surface area contributed by atoms with Gasteiger partial charge >= 0.3 is 0 Å². The van der Waals surface area contributed by atoms with Crippen molar-refractivity contribution in [3.05, 3.63) is 36.7 Å². The summed E-state index contributed by atoms with van der Waals surface area (Å²) in [5.74, 6) is 0. The lowest BCUT2D eigenvalue weighted by Crippen LogP contribution is -1.85. The lowest BCUT2D eigenvalue weighted by molar-refractivity contribution is 1.36. The van der Waals surface area contributed by atoms with Gasteiger partial charge in [0.1, 0.15) is 0 Å². The van der Waals surface area contributed by atoms with Crippen LogP contribution in [-0.2, 0) is 0 Å². The van der Waals surface area contributed by atoms with Crippen molar-refractivity contribution in [3.8, 4) is 0 Å². The number of pyridine rings is 1. The number of anilines is 1. The monoisotopic (exact) mass is 197 g/mol. The zero-order chi connectivity index (χ0) is 10.3. The molecule has 3 heteroatoms. The first kappa shape index (κ1) is 8.29. The van der Waals surface area contributed by atoms with Crippen molar-refractivity contribution in [2.75, 3.05) is 12.4 Å². The van der Waals surface area contributed by atoms with Crippen LogP contribution >= 0.6 is 0 Å². The Balaban J connectivity index is 2.46. The number of H-pyrrole nitrogens is 1. The summed E-state index contributed by atoms with van der Waals surface area (Å²) < 4.78 is 0. The number of aromatic amines is 1. The lowest BCUT2D eigenvalue weighted by Gasteiger charge is -1.98. The van der Waals surface area contributed by atoms with Crippen molar-refractivity contribution < 1.29 is 0 Å². The molecular formula is C12H11N3. The van der Waals surface area contributed by atoms with Gasteiger partial charge in [-0.25, -0.2) is 0 Å². The number of nitrogens with one attached hydrogen (secondary N) is 2. The second-order valence-electron chi connectivity index (χ2n) is 3.56. The molecule has 3 nitrogen and oxygen atoms in total. The van der Waals surface area contributed by atoms with E-state index in [1.54, 1.807) is 6.20 Å². The van der Waals surface area contributed by atoms with E-state index in [0.717, 1.165) is 16.7 Å². The predicted octanol–water partition coefficient (Wildman–Crippen LogP) is 2.76. The van der Waals surface area contributed by atoms with Gasteiger partial charge in [-0.15, -0.1) is 0 Å². The second-order valence-corrected chi connectivity index (χ2v) is 3.56. The van der Waals surface area contributed by atoms with E-state index in [0.29, 0.717) is 0 Å². The summed E-state index contributed by atoms with van der Waals surface area (Å²) in [4.78, 5) is 7.51. The number of hydrogen-bond acceptors (Lipinski definition) is 2. The fourth-order valence-electron chi connectivity index (χ4n) is 1.89. The molecule has 0 bridgehead atoms. The van der Waals surface area contributed by atoms with Gasteiger partial charge in [0.2, 0.25) is 0 Å². The third-order valence-electron chi connectivity index (χ3n) is 2.69. The second kappa shape index (κ2) is 2.98. The van der Waals surface area contributed by atoms with Gasteiger partial charge in [-0.3, -0.25) is 4.98 Å². The van der Waals surface area contributed by atoms with Crippen LogP contribution in [0.15, 0.2) is 36.7 Å². The lowest BCUT2D eigenvalue weighted by atomic mass is 10.2. The number of fused-ring (bicyclic) bond motifs is 3. The summed E-state index contributed by atoms with van der Waals surface area (Å²) in [6, 6.07) is 8.27. The highest BCUT2D eigenvalue weighted by atomic mass is 14.8. The van der Waals surface area contributed by atoms with Crippen molar-refractivity contribution in [1.29, 1.82) is 0 Å². The van der Waals surface area contributed by atoms with E-state index in [9.17, 15) is 0 Å². The third kappa shape index (κ3) is 1.16. The Hall–Kier alpha value is -2.03. The summed E-state index contributed by atoms with van der Waals surface area (Å²) in [6.07, 6.45) is 3.70. The van der Waals surface area contributed by atoms with Crippen molar-refractivity contribution in [3.63, 3.8) is 0 Å². The van der Waals surface area contributed by atoms with Gasteiger partial charge in [0, 0.05) is 46.9 Å². The summed E-state index contributed by atoms with van der Waals surface area (Å²) >= 11 is 0. The van der Waals surface area contributed by atoms with Crippen molar-refractivity contribution in [2.45, 2.75) is 0 Å². The topological polar surface area (TPSA) is 40.7 Å². The van der Waals surface area contributed by atoms with E-state index in [2.05, 4.69) is 33.5 Å². The molecule has 15 heavy (non-hydrogen) atoms. The average molecular weight is 197 g/mol. The first-order chi connectivity index (χ1) is 7.38. The molecular weight excluding hydrogens is 186 g/mol. The molecule has 1 aromatic carbocycles. The third-order valence-corrected chi connectivity index (χ3v) is 2.69. The van der Waals surface area contributed by atoms with Crippen LogP contribution in [-0.4, -0.2) is 17.0 Å². The van der Waals surface area contributed by atoms with Gasteiger partial charge in [0.05, 0.1) is 0 Å². The summed E-state index contributed by atoms with van der Waals surface area (Å²) in [7, 11) is 1.92. The van der Waals surface area contributed by atoms with Gasteiger partial charge in [-0.1, -0.05) is 0 Å². The largest absolute Gasteiger partial charge is 0.388 e. The maximum Gasteiger partial charge on any atom is 0.0495 e. The van der Waals surface area contributed by atoms with Crippen LogP contribution in [0.25, 0.3) is 21.8 Å². The van der Waals surface area contributed by atoms with Crippen LogP contribution in [0.1, 0.15) is 0 Å². The normalized spacial score (nSPS) is 11.0. The van der Waals surface area contributed by atoms with Crippen molar-refractivity contribution in [2.24, 2.45) is 0 Å². The van der Waals surface area contributed by atoms with Crippen LogP contribution in [0, 0.1) is 0 Å².